The van der Waals surface area contributed by atoms with Gasteiger partial charge in [0.25, 0.3) is 0 Å². The largest absolute Gasteiger partial charge is 0.456 e. The van der Waals surface area contributed by atoms with Crippen molar-refractivity contribution in [2.45, 2.75) is 38.5 Å². The molecule has 107 heavy (non-hydrogen) atoms. The number of rotatable bonds is 7. The number of furan rings is 1. The van der Waals surface area contributed by atoms with Crippen molar-refractivity contribution in [3.8, 4) is 100 Å². The van der Waals surface area contributed by atoms with Crippen LogP contribution in [-0.2, 0) is 10.8 Å². The normalized spacial score (nSPS) is 13.2. The minimum absolute atomic E-state index is 0.124. The summed E-state index contributed by atoms with van der Waals surface area (Å²) in [5, 5.41) is 20.2. The molecule has 502 valence electrons. The zero-order valence-corrected chi connectivity index (χ0v) is 60.0. The molecule has 0 spiro atoms. The maximum Gasteiger partial charge on any atom is 0.135 e. The summed E-state index contributed by atoms with van der Waals surface area (Å²) >= 11 is 0. The van der Waals surface area contributed by atoms with E-state index < -0.39 is 0 Å². The first-order chi connectivity index (χ1) is 52.6. The minimum atomic E-state index is -0.141. The summed E-state index contributed by atoms with van der Waals surface area (Å²) in [7, 11) is 0. The Morgan fingerprint density at radius 1 is 0.178 bits per heavy atom. The number of hydrogen-bond acceptors (Lipinski definition) is 1. The molecule has 2 aliphatic rings. The molecule has 1 heteroatoms. The van der Waals surface area contributed by atoms with Crippen molar-refractivity contribution in [1.82, 2.24) is 0 Å². The van der Waals surface area contributed by atoms with Gasteiger partial charge in [0, 0.05) is 21.6 Å². The number of benzene rings is 19. The van der Waals surface area contributed by atoms with Crippen LogP contribution in [0.25, 0.3) is 197 Å². The topological polar surface area (TPSA) is 13.1 Å². The Balaban J connectivity index is 0.000000139. The van der Waals surface area contributed by atoms with Crippen LogP contribution in [0.15, 0.2) is 368 Å². The number of hydrogen-bond donors (Lipinski definition) is 0. The first-order valence-electron chi connectivity index (χ1n) is 37.5. The van der Waals surface area contributed by atoms with E-state index in [1.165, 1.54) is 198 Å². The van der Waals surface area contributed by atoms with Crippen molar-refractivity contribution in [2.24, 2.45) is 0 Å². The third kappa shape index (κ3) is 9.63. The summed E-state index contributed by atoms with van der Waals surface area (Å²) in [5.74, 6) is 0. The molecule has 0 aliphatic heterocycles. The van der Waals surface area contributed by atoms with Gasteiger partial charge in [-0.25, -0.2) is 0 Å². The van der Waals surface area contributed by atoms with Crippen molar-refractivity contribution in [1.29, 1.82) is 0 Å². The Hall–Kier alpha value is -13.2. The van der Waals surface area contributed by atoms with E-state index in [1.807, 2.05) is 12.1 Å². The van der Waals surface area contributed by atoms with Crippen molar-refractivity contribution in [2.75, 3.05) is 0 Å². The predicted octanol–water partition coefficient (Wildman–Crippen LogP) is 29.6. The number of para-hydroxylation sites is 1. The second kappa shape index (κ2) is 24.2. The van der Waals surface area contributed by atoms with Crippen LogP contribution in [0.3, 0.4) is 0 Å². The van der Waals surface area contributed by atoms with Crippen LogP contribution in [0.2, 0.25) is 0 Å². The fourth-order valence-corrected chi connectivity index (χ4v) is 19.1. The molecular formula is C106H72O. The molecule has 0 saturated carbocycles. The summed E-state index contributed by atoms with van der Waals surface area (Å²) < 4.78 is 6.12. The van der Waals surface area contributed by atoms with E-state index in [4.69, 9.17) is 4.42 Å². The molecule has 1 heterocycles. The van der Waals surface area contributed by atoms with Gasteiger partial charge >= 0.3 is 0 Å². The van der Waals surface area contributed by atoms with E-state index in [-0.39, 0.29) is 10.8 Å². The summed E-state index contributed by atoms with van der Waals surface area (Å²) in [4.78, 5) is 0. The average Bonchev–Trinajstić information content (AvgIpc) is 1.70. The van der Waals surface area contributed by atoms with Crippen molar-refractivity contribution < 1.29 is 4.42 Å². The second-order valence-corrected chi connectivity index (χ2v) is 30.4. The van der Waals surface area contributed by atoms with E-state index in [0.717, 1.165) is 21.9 Å². The van der Waals surface area contributed by atoms with Gasteiger partial charge < -0.3 is 4.42 Å². The summed E-state index contributed by atoms with van der Waals surface area (Å²) in [6, 6.07) is 135. The average molecular weight is 1360 g/mol. The molecule has 0 amide bonds. The standard InChI is InChI=1S/C57H38O.C49H34/c1-57(2)50-31-29-36-13-3-4-16-41(36)55(50)48-23-12-22-42(56(48)57)39-14-11-15-40(33-39)54-46-20-7-5-18-44(46)53(45-19-6-8-21-47(45)54)37-27-25-35(26-28-37)38-30-32-52-49(34-38)43-17-9-10-24-51(43)58-52;1-49(2)44-29-28-32-15-4-6-20-36(32)47(44)43-27-13-25-37(48(43)49)33-17-11-18-34(30-33)45-39-21-7-9-23-41(39)46(42-24-10-8-22-40(42)45)38-26-12-16-31-14-3-5-19-35(31)38/h3-34H,1-2H3;3-30H,1-2H3. The number of fused-ring (bicyclic) bond motifs is 18. The monoisotopic (exact) mass is 1360 g/mol. The van der Waals surface area contributed by atoms with Gasteiger partial charge in [0.2, 0.25) is 0 Å². The SMILES string of the molecule is CC1(C)c2ccc3ccccc3c2-c2cccc(-c3cccc(-c4c5ccccc5c(-c5ccc(-c6ccc7oc8ccccc8c7c6)cc5)c5ccccc45)c3)c21.CC1(C)c2ccc3ccccc3c2-c2cccc(-c3cccc(-c4c5ccccc5c(-c5cccc6ccccc56)c5ccccc45)c3)c21. The molecule has 0 radical (unpaired) electrons. The van der Waals surface area contributed by atoms with E-state index >= 15 is 0 Å². The fraction of sp³-hybridized carbons (Fsp3) is 0.0566. The Labute approximate surface area is 622 Å². The Bertz CT molecular complexity index is 7000. The van der Waals surface area contributed by atoms with E-state index in [9.17, 15) is 0 Å². The van der Waals surface area contributed by atoms with Gasteiger partial charge in [0.1, 0.15) is 11.2 Å². The van der Waals surface area contributed by atoms with E-state index in [2.05, 4.69) is 380 Å². The lowest BCUT2D eigenvalue weighted by Gasteiger charge is -2.25. The Kier molecular flexibility index (Phi) is 14.1. The lowest BCUT2D eigenvalue weighted by atomic mass is 9.78. The van der Waals surface area contributed by atoms with Gasteiger partial charge in [-0.3, -0.25) is 0 Å². The third-order valence-electron chi connectivity index (χ3n) is 23.9. The molecule has 0 unspecified atom stereocenters. The molecular weight excluding hydrogens is 1290 g/mol. The molecule has 1 nitrogen and oxygen atoms in total. The van der Waals surface area contributed by atoms with E-state index in [1.54, 1.807) is 0 Å². The summed E-state index contributed by atoms with van der Waals surface area (Å²) in [5.41, 5.74) is 30.2. The predicted molar refractivity (Wildman–Crippen MR) is 456 cm³/mol. The maximum absolute atomic E-state index is 6.12. The molecule has 0 N–H and O–H groups in total. The molecule has 0 fully saturated rings. The van der Waals surface area contributed by atoms with Gasteiger partial charge in [0.05, 0.1) is 0 Å². The molecule has 0 atom stereocenters. The van der Waals surface area contributed by atoms with Crippen LogP contribution in [0, 0.1) is 0 Å². The second-order valence-electron chi connectivity index (χ2n) is 30.4. The quantitative estimate of drug-likeness (QED) is 0.145. The van der Waals surface area contributed by atoms with Crippen LogP contribution in [0.5, 0.6) is 0 Å². The van der Waals surface area contributed by atoms with E-state index in [0.29, 0.717) is 0 Å². The minimum Gasteiger partial charge on any atom is -0.456 e. The highest BCUT2D eigenvalue weighted by molar-refractivity contribution is 6.25. The summed E-state index contributed by atoms with van der Waals surface area (Å²) in [6.07, 6.45) is 0. The lowest BCUT2D eigenvalue weighted by Crippen LogP contribution is -2.16. The highest BCUT2D eigenvalue weighted by atomic mass is 16.3. The highest BCUT2D eigenvalue weighted by Crippen LogP contribution is 2.57. The molecule has 19 aromatic carbocycles. The first-order valence-corrected chi connectivity index (χ1v) is 37.5. The van der Waals surface area contributed by atoms with Gasteiger partial charge in [-0.05, 0) is 228 Å². The third-order valence-corrected chi connectivity index (χ3v) is 23.9. The van der Waals surface area contributed by atoms with Crippen molar-refractivity contribution >= 4 is 97.3 Å². The van der Waals surface area contributed by atoms with Gasteiger partial charge in [-0.2, -0.15) is 0 Å². The van der Waals surface area contributed by atoms with Crippen molar-refractivity contribution in [3.05, 3.63) is 386 Å². The fourth-order valence-electron chi connectivity index (χ4n) is 19.1. The van der Waals surface area contributed by atoms with Crippen LogP contribution >= 0.6 is 0 Å². The Morgan fingerprint density at radius 3 is 0.991 bits per heavy atom. The van der Waals surface area contributed by atoms with Crippen LogP contribution in [0.4, 0.5) is 0 Å². The molecule has 2 aliphatic carbocycles. The van der Waals surface area contributed by atoms with Crippen molar-refractivity contribution in [3.63, 3.8) is 0 Å². The molecule has 22 rings (SSSR count). The smallest absolute Gasteiger partial charge is 0.135 e. The zero-order chi connectivity index (χ0) is 71.2. The zero-order valence-electron chi connectivity index (χ0n) is 60.0. The van der Waals surface area contributed by atoms with Crippen LogP contribution in [-0.4, -0.2) is 0 Å². The molecule has 0 bridgehead atoms. The van der Waals surface area contributed by atoms with Crippen LogP contribution in [0.1, 0.15) is 49.9 Å². The molecule has 0 saturated heterocycles. The maximum atomic E-state index is 6.12. The van der Waals surface area contributed by atoms with Crippen LogP contribution < -0.4 is 0 Å². The van der Waals surface area contributed by atoms with Gasteiger partial charge in [0.15, 0.2) is 0 Å². The highest BCUT2D eigenvalue weighted by Gasteiger charge is 2.40. The molecule has 20 aromatic rings. The summed E-state index contributed by atoms with van der Waals surface area (Å²) in [6.45, 7) is 9.58. The lowest BCUT2D eigenvalue weighted by molar-refractivity contribution is 0.662. The Morgan fingerprint density at radius 2 is 0.505 bits per heavy atom. The van der Waals surface area contributed by atoms with Gasteiger partial charge in [-0.1, -0.05) is 361 Å². The first kappa shape index (κ1) is 62.4. The van der Waals surface area contributed by atoms with Gasteiger partial charge in [-0.15, -0.1) is 0 Å². The molecule has 1 aromatic heterocycles.